The van der Waals surface area contributed by atoms with Crippen LogP contribution in [0.15, 0.2) is 0 Å². The summed E-state index contributed by atoms with van der Waals surface area (Å²) in [6.45, 7) is 6.33. The Morgan fingerprint density at radius 3 is 2.40 bits per heavy atom. The molecular weight excluding hydrogens is 212 g/mol. The minimum absolute atomic E-state index is 0.0352. The van der Waals surface area contributed by atoms with Crippen LogP contribution in [-0.4, -0.2) is 42.1 Å². The summed E-state index contributed by atoms with van der Waals surface area (Å²) in [4.78, 5) is 13.5. The van der Waals surface area contributed by atoms with Crippen LogP contribution < -0.4 is 5.73 Å². The minimum Gasteiger partial charge on any atom is -0.393 e. The molecule has 5 heteroatoms. The SMILES string of the molecule is CC(C)OCC(=O)N(C)CC(C)C(N)=S. The van der Waals surface area contributed by atoms with E-state index in [1.807, 2.05) is 20.8 Å². The van der Waals surface area contributed by atoms with E-state index in [4.69, 9.17) is 22.7 Å². The maximum absolute atomic E-state index is 11.5. The Morgan fingerprint density at radius 2 is 2.00 bits per heavy atom. The predicted octanol–water partition coefficient (Wildman–Crippen LogP) is 0.792. The van der Waals surface area contributed by atoms with Crippen molar-refractivity contribution in [2.45, 2.75) is 26.9 Å². The monoisotopic (exact) mass is 232 g/mol. The van der Waals surface area contributed by atoms with E-state index in [-0.39, 0.29) is 24.5 Å². The van der Waals surface area contributed by atoms with Gasteiger partial charge < -0.3 is 15.4 Å². The van der Waals surface area contributed by atoms with Gasteiger partial charge in [0.05, 0.1) is 11.1 Å². The van der Waals surface area contributed by atoms with Crippen LogP contribution in [0, 0.1) is 5.92 Å². The topological polar surface area (TPSA) is 55.6 Å². The molecule has 0 bridgehead atoms. The van der Waals surface area contributed by atoms with Crippen molar-refractivity contribution in [1.29, 1.82) is 0 Å². The first kappa shape index (κ1) is 14.3. The van der Waals surface area contributed by atoms with E-state index < -0.39 is 0 Å². The molecule has 1 amide bonds. The van der Waals surface area contributed by atoms with Crippen LogP contribution in [0.3, 0.4) is 0 Å². The summed E-state index contributed by atoms with van der Waals surface area (Å²) in [5.74, 6) is -0.0141. The lowest BCUT2D eigenvalue weighted by Gasteiger charge is -2.21. The van der Waals surface area contributed by atoms with Crippen LogP contribution in [0.5, 0.6) is 0 Å². The summed E-state index contributed by atoms with van der Waals surface area (Å²) in [6.07, 6.45) is 0.0651. The predicted molar refractivity (Wildman–Crippen MR) is 64.7 cm³/mol. The first-order chi connectivity index (χ1) is 6.84. The fourth-order valence-corrected chi connectivity index (χ4v) is 1.03. The van der Waals surface area contributed by atoms with E-state index in [1.54, 1.807) is 11.9 Å². The van der Waals surface area contributed by atoms with Gasteiger partial charge in [-0.1, -0.05) is 19.1 Å². The molecule has 0 radical (unpaired) electrons. The molecule has 4 nitrogen and oxygen atoms in total. The maximum Gasteiger partial charge on any atom is 0.248 e. The molecule has 1 unspecified atom stereocenters. The molecule has 0 aromatic carbocycles. The van der Waals surface area contributed by atoms with Crippen molar-refractivity contribution >= 4 is 23.1 Å². The highest BCUT2D eigenvalue weighted by atomic mass is 32.1. The molecule has 88 valence electrons. The molecule has 0 saturated heterocycles. The van der Waals surface area contributed by atoms with Crippen molar-refractivity contribution in [3.05, 3.63) is 0 Å². The van der Waals surface area contributed by atoms with Crippen molar-refractivity contribution in [2.24, 2.45) is 11.7 Å². The normalized spacial score (nSPS) is 12.6. The van der Waals surface area contributed by atoms with Crippen LogP contribution in [0.1, 0.15) is 20.8 Å². The van der Waals surface area contributed by atoms with Gasteiger partial charge in [0.15, 0.2) is 0 Å². The molecule has 0 aromatic heterocycles. The second-order valence-corrected chi connectivity index (χ2v) is 4.41. The third-order valence-electron chi connectivity index (χ3n) is 2.00. The Kier molecular flexibility index (Phi) is 6.43. The Hall–Kier alpha value is -0.680. The molecule has 0 aliphatic rings. The molecule has 0 aliphatic carbocycles. The summed E-state index contributed by atoms with van der Waals surface area (Å²) in [7, 11) is 1.72. The number of hydrogen-bond acceptors (Lipinski definition) is 3. The zero-order valence-electron chi connectivity index (χ0n) is 9.82. The first-order valence-corrected chi connectivity index (χ1v) is 5.40. The molecule has 2 N–H and O–H groups in total. The highest BCUT2D eigenvalue weighted by Crippen LogP contribution is 1.99. The Balaban J connectivity index is 3.93. The van der Waals surface area contributed by atoms with Crippen LogP contribution in [0.25, 0.3) is 0 Å². The number of rotatable bonds is 6. The Labute approximate surface area is 96.8 Å². The third-order valence-corrected chi connectivity index (χ3v) is 2.40. The van der Waals surface area contributed by atoms with Crippen LogP contribution in [0.4, 0.5) is 0 Å². The van der Waals surface area contributed by atoms with Crippen LogP contribution >= 0.6 is 12.2 Å². The van der Waals surface area contributed by atoms with Gasteiger partial charge in [-0.2, -0.15) is 0 Å². The number of nitrogens with zero attached hydrogens (tertiary/aromatic N) is 1. The Morgan fingerprint density at radius 1 is 1.47 bits per heavy atom. The highest BCUT2D eigenvalue weighted by molar-refractivity contribution is 7.80. The van der Waals surface area contributed by atoms with Gasteiger partial charge in [-0.25, -0.2) is 0 Å². The van der Waals surface area contributed by atoms with Crippen molar-refractivity contribution in [1.82, 2.24) is 4.90 Å². The smallest absolute Gasteiger partial charge is 0.248 e. The van der Waals surface area contributed by atoms with Gasteiger partial charge in [-0.15, -0.1) is 0 Å². The zero-order valence-corrected chi connectivity index (χ0v) is 10.6. The van der Waals surface area contributed by atoms with E-state index in [9.17, 15) is 4.79 Å². The number of carbonyl (C=O) groups excluding carboxylic acids is 1. The fourth-order valence-electron chi connectivity index (χ4n) is 0.951. The lowest BCUT2D eigenvalue weighted by Crippen LogP contribution is -2.37. The number of likely N-dealkylation sites (N-methyl/N-ethyl adjacent to an activating group) is 1. The van der Waals surface area contributed by atoms with E-state index in [2.05, 4.69) is 0 Å². The molecule has 0 aliphatic heterocycles. The number of nitrogens with two attached hydrogens (primary N) is 1. The van der Waals surface area contributed by atoms with Gasteiger partial charge in [0.25, 0.3) is 0 Å². The summed E-state index contributed by atoms with van der Waals surface area (Å²) < 4.78 is 5.21. The van der Waals surface area contributed by atoms with Gasteiger partial charge in [0.2, 0.25) is 5.91 Å². The Bertz CT molecular complexity index is 231. The van der Waals surface area contributed by atoms with Gasteiger partial charge in [-0.3, -0.25) is 4.79 Å². The maximum atomic E-state index is 11.5. The van der Waals surface area contributed by atoms with Gasteiger partial charge in [0.1, 0.15) is 6.61 Å². The summed E-state index contributed by atoms with van der Waals surface area (Å²) in [5, 5.41) is 0. The molecule has 0 aromatic rings. The van der Waals surface area contributed by atoms with Gasteiger partial charge in [-0.05, 0) is 13.8 Å². The van der Waals surface area contributed by atoms with E-state index in [1.165, 1.54) is 0 Å². The van der Waals surface area contributed by atoms with Crippen molar-refractivity contribution < 1.29 is 9.53 Å². The number of hydrogen-bond donors (Lipinski definition) is 1. The number of ether oxygens (including phenoxy) is 1. The van der Waals surface area contributed by atoms with Crippen molar-refractivity contribution in [3.63, 3.8) is 0 Å². The van der Waals surface area contributed by atoms with Crippen LogP contribution in [0.2, 0.25) is 0 Å². The quantitative estimate of drug-likeness (QED) is 0.688. The van der Waals surface area contributed by atoms with Crippen molar-refractivity contribution in [3.8, 4) is 0 Å². The molecular formula is C10H20N2O2S. The lowest BCUT2D eigenvalue weighted by atomic mass is 10.2. The molecule has 0 rings (SSSR count). The molecule has 0 saturated carbocycles. The summed E-state index contributed by atoms with van der Waals surface area (Å²) >= 11 is 4.84. The second-order valence-electron chi connectivity index (χ2n) is 3.94. The second kappa shape index (κ2) is 6.74. The van der Waals surface area contributed by atoms with E-state index in [0.29, 0.717) is 11.5 Å². The van der Waals surface area contributed by atoms with Crippen molar-refractivity contribution in [2.75, 3.05) is 20.2 Å². The fraction of sp³-hybridized carbons (Fsp3) is 0.800. The first-order valence-electron chi connectivity index (χ1n) is 4.99. The molecule has 15 heavy (non-hydrogen) atoms. The average molecular weight is 232 g/mol. The van der Waals surface area contributed by atoms with Crippen LogP contribution in [-0.2, 0) is 9.53 Å². The summed E-state index contributed by atoms with van der Waals surface area (Å²) in [5.41, 5.74) is 5.47. The standard InChI is InChI=1S/C10H20N2O2S/c1-7(2)14-6-9(13)12(4)5-8(3)10(11)15/h7-8H,5-6H2,1-4H3,(H2,11,15). The highest BCUT2D eigenvalue weighted by Gasteiger charge is 2.14. The minimum atomic E-state index is -0.0493. The molecule has 1 atom stereocenters. The number of thiocarbonyl (C=S) groups is 1. The van der Waals surface area contributed by atoms with E-state index >= 15 is 0 Å². The van der Waals surface area contributed by atoms with Gasteiger partial charge >= 0.3 is 0 Å². The largest absolute Gasteiger partial charge is 0.393 e. The van der Waals surface area contributed by atoms with Gasteiger partial charge in [0, 0.05) is 19.5 Å². The molecule has 0 heterocycles. The number of amides is 1. The third kappa shape index (κ3) is 6.41. The average Bonchev–Trinajstić information content (AvgIpc) is 2.13. The lowest BCUT2D eigenvalue weighted by molar-refractivity contribution is -0.136. The zero-order chi connectivity index (χ0) is 12.0. The number of carbonyl (C=O) groups is 1. The van der Waals surface area contributed by atoms with E-state index in [0.717, 1.165) is 0 Å². The summed E-state index contributed by atoms with van der Waals surface area (Å²) in [6, 6.07) is 0. The molecule has 0 spiro atoms. The molecule has 0 fully saturated rings.